The molecule has 2 aromatic carbocycles. The van der Waals surface area contributed by atoms with Gasteiger partial charge in [-0.05, 0) is 24.3 Å². The number of carbonyl (C=O) groups excluding carboxylic acids is 1. The molecule has 0 radical (unpaired) electrons. The quantitative estimate of drug-likeness (QED) is 0.417. The number of hydrogen-bond acceptors (Lipinski definition) is 5. The molecule has 0 saturated heterocycles. The largest absolute Gasteiger partial charge is 0.497 e. The van der Waals surface area contributed by atoms with Gasteiger partial charge in [0.25, 0.3) is 5.91 Å². The molecule has 0 unspecified atom stereocenters. The van der Waals surface area contributed by atoms with Gasteiger partial charge in [-0.25, -0.2) is 18.4 Å². The van der Waals surface area contributed by atoms with Gasteiger partial charge >= 0.3 is 0 Å². The van der Waals surface area contributed by atoms with Gasteiger partial charge in [-0.15, -0.1) is 0 Å². The third kappa shape index (κ3) is 3.85. The van der Waals surface area contributed by atoms with Crippen molar-refractivity contribution in [2.45, 2.75) is 6.54 Å². The third-order valence-corrected chi connectivity index (χ3v) is 5.29. The maximum absolute atomic E-state index is 14.0. The van der Waals surface area contributed by atoms with E-state index in [4.69, 9.17) is 4.74 Å². The van der Waals surface area contributed by atoms with Crippen molar-refractivity contribution in [1.29, 1.82) is 0 Å². The van der Waals surface area contributed by atoms with Crippen molar-refractivity contribution in [2.24, 2.45) is 0 Å². The highest BCUT2D eigenvalue weighted by Crippen LogP contribution is 2.26. The second kappa shape index (κ2) is 8.74. The summed E-state index contributed by atoms with van der Waals surface area (Å²) in [4.78, 5) is 21.7. The molecule has 1 N–H and O–H groups in total. The molecule has 0 aliphatic rings. The first kappa shape index (κ1) is 21.3. The molecule has 10 heteroatoms. The van der Waals surface area contributed by atoms with Gasteiger partial charge < -0.3 is 10.1 Å². The zero-order valence-corrected chi connectivity index (χ0v) is 17.9. The van der Waals surface area contributed by atoms with E-state index in [0.717, 1.165) is 17.8 Å². The molecular formula is C24H18F2N6O2. The summed E-state index contributed by atoms with van der Waals surface area (Å²) in [5, 5.41) is 7.05. The van der Waals surface area contributed by atoms with E-state index in [-0.39, 0.29) is 17.8 Å². The highest BCUT2D eigenvalue weighted by Gasteiger charge is 2.21. The van der Waals surface area contributed by atoms with Crippen molar-refractivity contribution in [3.63, 3.8) is 0 Å². The maximum atomic E-state index is 14.0. The summed E-state index contributed by atoms with van der Waals surface area (Å²) in [5.74, 6) is -0.802. The van der Waals surface area contributed by atoms with E-state index in [1.807, 2.05) is 24.3 Å². The van der Waals surface area contributed by atoms with Crippen LogP contribution in [0.25, 0.3) is 22.7 Å². The number of methoxy groups -OCH3 is 1. The van der Waals surface area contributed by atoms with Gasteiger partial charge in [0.15, 0.2) is 11.5 Å². The van der Waals surface area contributed by atoms with Crippen LogP contribution in [0.2, 0.25) is 0 Å². The molecule has 170 valence electrons. The monoisotopic (exact) mass is 460 g/mol. The molecule has 0 saturated carbocycles. The molecule has 0 aliphatic heterocycles. The summed E-state index contributed by atoms with van der Waals surface area (Å²) in [7, 11) is 1.58. The van der Waals surface area contributed by atoms with Gasteiger partial charge in [0.2, 0.25) is 0 Å². The molecular weight excluding hydrogens is 442 g/mol. The van der Waals surface area contributed by atoms with Crippen LogP contribution in [0.5, 0.6) is 5.75 Å². The Morgan fingerprint density at radius 2 is 2.00 bits per heavy atom. The van der Waals surface area contributed by atoms with Gasteiger partial charge in [-0.3, -0.25) is 14.2 Å². The van der Waals surface area contributed by atoms with E-state index >= 15 is 0 Å². The number of halogens is 2. The van der Waals surface area contributed by atoms with Crippen molar-refractivity contribution in [3.8, 4) is 23.0 Å². The minimum absolute atomic E-state index is 0.115. The molecule has 1 amide bonds. The molecule has 3 heterocycles. The van der Waals surface area contributed by atoms with Crippen LogP contribution in [0.1, 0.15) is 16.1 Å². The number of carbonyl (C=O) groups is 1. The predicted molar refractivity (Wildman–Crippen MR) is 120 cm³/mol. The minimum atomic E-state index is -0.737. The van der Waals surface area contributed by atoms with Crippen LogP contribution in [-0.4, -0.2) is 37.2 Å². The Bertz CT molecular complexity index is 1510. The van der Waals surface area contributed by atoms with E-state index in [2.05, 4.69) is 20.4 Å². The molecule has 5 aromatic rings. The van der Waals surface area contributed by atoms with E-state index in [1.165, 1.54) is 12.3 Å². The summed E-state index contributed by atoms with van der Waals surface area (Å²) in [5.41, 5.74) is 2.13. The topological polar surface area (TPSA) is 86.3 Å². The minimum Gasteiger partial charge on any atom is -0.497 e. The lowest BCUT2D eigenvalue weighted by Crippen LogP contribution is -2.24. The number of imidazole rings is 1. The van der Waals surface area contributed by atoms with Crippen LogP contribution in [0.15, 0.2) is 73.3 Å². The number of amides is 1. The van der Waals surface area contributed by atoms with Crippen molar-refractivity contribution in [2.75, 3.05) is 7.11 Å². The first-order chi connectivity index (χ1) is 16.5. The number of hydrogen-bond donors (Lipinski definition) is 1. The van der Waals surface area contributed by atoms with Gasteiger partial charge in [0.05, 0.1) is 30.7 Å². The van der Waals surface area contributed by atoms with Crippen LogP contribution in [0.3, 0.4) is 0 Å². The molecule has 8 nitrogen and oxygen atoms in total. The fourth-order valence-electron chi connectivity index (χ4n) is 3.63. The highest BCUT2D eigenvalue weighted by atomic mass is 19.1. The lowest BCUT2D eigenvalue weighted by Gasteiger charge is -2.08. The summed E-state index contributed by atoms with van der Waals surface area (Å²) >= 11 is 0. The lowest BCUT2D eigenvalue weighted by atomic mass is 10.2. The Kier molecular flexibility index (Phi) is 5.46. The van der Waals surface area contributed by atoms with Gasteiger partial charge in [0.1, 0.15) is 23.1 Å². The number of aromatic nitrogens is 5. The highest BCUT2D eigenvalue weighted by molar-refractivity contribution is 5.99. The Balaban J connectivity index is 1.52. The number of rotatable bonds is 6. The molecule has 5 rings (SSSR count). The van der Waals surface area contributed by atoms with Gasteiger partial charge in [-0.1, -0.05) is 12.1 Å². The Labute approximate surface area is 192 Å². The number of nitrogens with zero attached hydrogens (tertiary/aromatic N) is 5. The third-order valence-electron chi connectivity index (χ3n) is 5.29. The van der Waals surface area contributed by atoms with Crippen molar-refractivity contribution >= 4 is 11.4 Å². The number of ether oxygens (including phenoxy) is 1. The molecule has 0 aliphatic carbocycles. The molecule has 0 fully saturated rings. The molecule has 0 atom stereocenters. The van der Waals surface area contributed by atoms with Gasteiger partial charge in [-0.2, -0.15) is 5.10 Å². The summed E-state index contributed by atoms with van der Waals surface area (Å²) < 4.78 is 35.9. The zero-order chi connectivity index (χ0) is 23.7. The average molecular weight is 460 g/mol. The lowest BCUT2D eigenvalue weighted by molar-refractivity contribution is 0.0948. The van der Waals surface area contributed by atoms with E-state index in [0.29, 0.717) is 22.8 Å². The Morgan fingerprint density at radius 1 is 1.12 bits per heavy atom. The normalized spacial score (nSPS) is 11.0. The molecule has 3 aromatic heterocycles. The summed E-state index contributed by atoms with van der Waals surface area (Å²) in [6.45, 7) is -0.124. The first-order valence-corrected chi connectivity index (χ1v) is 10.3. The number of fused-ring (bicyclic) bond motifs is 1. The molecule has 34 heavy (non-hydrogen) atoms. The predicted octanol–water partition coefficient (Wildman–Crippen LogP) is 3.80. The number of benzene rings is 2. The fraction of sp³-hybridized carbons (Fsp3) is 0.0833. The van der Waals surface area contributed by atoms with Gasteiger partial charge in [0, 0.05) is 36.6 Å². The second-order valence-electron chi connectivity index (χ2n) is 7.36. The van der Waals surface area contributed by atoms with Crippen molar-refractivity contribution in [3.05, 3.63) is 96.2 Å². The first-order valence-electron chi connectivity index (χ1n) is 10.3. The fourth-order valence-corrected chi connectivity index (χ4v) is 3.63. The van der Waals surface area contributed by atoms with E-state index < -0.39 is 17.5 Å². The summed E-state index contributed by atoms with van der Waals surface area (Å²) in [6, 6.07) is 12.4. The Morgan fingerprint density at radius 3 is 2.82 bits per heavy atom. The van der Waals surface area contributed by atoms with E-state index in [1.54, 1.807) is 40.8 Å². The van der Waals surface area contributed by atoms with E-state index in [9.17, 15) is 13.6 Å². The van der Waals surface area contributed by atoms with Crippen molar-refractivity contribution in [1.82, 2.24) is 29.5 Å². The van der Waals surface area contributed by atoms with Crippen LogP contribution >= 0.6 is 0 Å². The molecule has 0 spiro atoms. The summed E-state index contributed by atoms with van der Waals surface area (Å²) in [6.07, 6.45) is 6.43. The zero-order valence-electron chi connectivity index (χ0n) is 17.9. The van der Waals surface area contributed by atoms with Crippen LogP contribution in [0, 0.1) is 11.6 Å². The smallest absolute Gasteiger partial charge is 0.272 e. The van der Waals surface area contributed by atoms with Crippen LogP contribution in [0.4, 0.5) is 8.78 Å². The Hall–Kier alpha value is -4.60. The van der Waals surface area contributed by atoms with Crippen molar-refractivity contribution < 1.29 is 18.3 Å². The van der Waals surface area contributed by atoms with Crippen LogP contribution in [-0.2, 0) is 6.54 Å². The standard InChI is InChI=1S/C24H18F2N6O2/c1-34-18-4-2-3-17(12-18)32-20(7-8-29-32)23-30-22(21-14-27-9-10-31(21)23)24(33)28-13-15-5-6-16(25)11-19(15)26/h2-12,14H,13H2,1H3,(H,28,33). The SMILES string of the molecule is COc1cccc(-n2nccc2-c2nc(C(=O)NCc3ccc(F)cc3F)c3cnccn23)c1. The number of nitrogens with one attached hydrogen (secondary N) is 1. The van der Waals surface area contributed by atoms with Crippen LogP contribution < -0.4 is 10.1 Å². The average Bonchev–Trinajstić information content (AvgIpc) is 3.48. The molecule has 0 bridgehead atoms. The maximum Gasteiger partial charge on any atom is 0.272 e. The second-order valence-corrected chi connectivity index (χ2v) is 7.36.